The fourth-order valence-corrected chi connectivity index (χ4v) is 3.03. The molecule has 0 fully saturated rings. The topological polar surface area (TPSA) is 81.3 Å². The molecule has 0 saturated heterocycles. The standard InChI is InChI=1S/C22H32N4O3.HI/c1-26(2)19(17-7-6-8-18(14-17)27-3)15-25-22(23)24-12-11-16-9-10-20(28-4)21(13-16)29-5;/h6-10,13-14,19H,11-12,15H2,1-5H3,(H3,23,24,25);1H. The van der Waals surface area contributed by atoms with Crippen molar-refractivity contribution in [3.63, 3.8) is 0 Å². The summed E-state index contributed by atoms with van der Waals surface area (Å²) in [6, 6.07) is 14.0. The van der Waals surface area contributed by atoms with Crippen LogP contribution in [0.4, 0.5) is 0 Å². The molecule has 0 aromatic heterocycles. The summed E-state index contributed by atoms with van der Waals surface area (Å²) in [5, 5.41) is 3.18. The van der Waals surface area contributed by atoms with Gasteiger partial charge in [-0.3, -0.25) is 4.99 Å². The van der Waals surface area contributed by atoms with Crippen molar-refractivity contribution < 1.29 is 14.2 Å². The van der Waals surface area contributed by atoms with E-state index in [1.54, 1.807) is 21.3 Å². The molecule has 0 saturated carbocycles. The van der Waals surface area contributed by atoms with Crippen LogP contribution in [0.1, 0.15) is 17.2 Å². The summed E-state index contributed by atoms with van der Waals surface area (Å²) in [6.45, 7) is 1.23. The second kappa shape index (κ2) is 13.2. The number of nitrogens with one attached hydrogen (secondary N) is 1. The van der Waals surface area contributed by atoms with E-state index < -0.39 is 0 Å². The van der Waals surface area contributed by atoms with Gasteiger partial charge in [-0.25, -0.2) is 0 Å². The van der Waals surface area contributed by atoms with E-state index in [0.29, 0.717) is 19.0 Å². The number of halogens is 1. The van der Waals surface area contributed by atoms with Crippen LogP contribution in [-0.2, 0) is 6.42 Å². The van der Waals surface area contributed by atoms with Gasteiger partial charge in [0.05, 0.1) is 33.9 Å². The first-order chi connectivity index (χ1) is 14.0. The SMILES string of the molecule is COc1cccc(C(CN=C(N)NCCc2ccc(OC)c(OC)c2)N(C)C)c1.I. The minimum Gasteiger partial charge on any atom is -0.497 e. The van der Waals surface area contributed by atoms with Crippen LogP contribution in [0, 0.1) is 0 Å². The van der Waals surface area contributed by atoms with Gasteiger partial charge in [0.25, 0.3) is 0 Å². The number of nitrogens with zero attached hydrogens (tertiary/aromatic N) is 2. The summed E-state index contributed by atoms with van der Waals surface area (Å²) in [5.74, 6) is 2.70. The van der Waals surface area contributed by atoms with Crippen molar-refractivity contribution in [1.29, 1.82) is 0 Å². The van der Waals surface area contributed by atoms with E-state index in [0.717, 1.165) is 34.8 Å². The Bertz CT molecular complexity index is 815. The van der Waals surface area contributed by atoms with Crippen molar-refractivity contribution in [2.75, 3.05) is 48.5 Å². The van der Waals surface area contributed by atoms with Crippen LogP contribution >= 0.6 is 24.0 Å². The third-order valence-corrected chi connectivity index (χ3v) is 4.70. The molecule has 2 rings (SSSR count). The van der Waals surface area contributed by atoms with Crippen LogP contribution in [0.3, 0.4) is 0 Å². The highest BCUT2D eigenvalue weighted by molar-refractivity contribution is 14.0. The van der Waals surface area contributed by atoms with E-state index in [2.05, 4.69) is 21.3 Å². The Labute approximate surface area is 196 Å². The summed E-state index contributed by atoms with van der Waals surface area (Å²) in [5.41, 5.74) is 8.34. The Balaban J connectivity index is 0.00000450. The van der Waals surface area contributed by atoms with E-state index in [9.17, 15) is 0 Å². The lowest BCUT2D eigenvalue weighted by atomic mass is 10.1. The lowest BCUT2D eigenvalue weighted by molar-refractivity contribution is 0.305. The van der Waals surface area contributed by atoms with Crippen molar-refractivity contribution in [3.8, 4) is 17.2 Å². The summed E-state index contributed by atoms with van der Waals surface area (Å²) in [7, 11) is 8.99. The van der Waals surface area contributed by atoms with Crippen molar-refractivity contribution in [3.05, 3.63) is 53.6 Å². The molecule has 2 aromatic carbocycles. The van der Waals surface area contributed by atoms with Gasteiger partial charge >= 0.3 is 0 Å². The molecule has 0 aliphatic rings. The largest absolute Gasteiger partial charge is 0.497 e. The number of methoxy groups -OCH3 is 3. The normalized spacial score (nSPS) is 12.1. The molecule has 3 N–H and O–H groups in total. The smallest absolute Gasteiger partial charge is 0.188 e. The van der Waals surface area contributed by atoms with Crippen molar-refractivity contribution >= 4 is 29.9 Å². The molecule has 1 atom stereocenters. The highest BCUT2D eigenvalue weighted by Gasteiger charge is 2.14. The maximum absolute atomic E-state index is 6.07. The molecular weight excluding hydrogens is 495 g/mol. The molecule has 0 bridgehead atoms. The van der Waals surface area contributed by atoms with Crippen LogP contribution < -0.4 is 25.3 Å². The molecule has 0 spiro atoms. The molecule has 0 amide bonds. The van der Waals surface area contributed by atoms with Crippen molar-refractivity contribution in [2.45, 2.75) is 12.5 Å². The first-order valence-corrected chi connectivity index (χ1v) is 9.53. The molecule has 1 unspecified atom stereocenters. The van der Waals surface area contributed by atoms with Crippen LogP contribution in [0.2, 0.25) is 0 Å². The lowest BCUT2D eigenvalue weighted by Gasteiger charge is -2.23. The predicted molar refractivity (Wildman–Crippen MR) is 133 cm³/mol. The Kier molecular flexibility index (Phi) is 11.3. The number of hydrogen-bond acceptors (Lipinski definition) is 5. The highest BCUT2D eigenvalue weighted by Crippen LogP contribution is 2.27. The third kappa shape index (κ3) is 7.56. The molecule has 7 nitrogen and oxygen atoms in total. The summed E-state index contributed by atoms with van der Waals surface area (Å²) in [6.07, 6.45) is 0.795. The Hall–Kier alpha value is -2.20. The average Bonchev–Trinajstić information content (AvgIpc) is 2.73. The zero-order valence-corrected chi connectivity index (χ0v) is 20.7. The van der Waals surface area contributed by atoms with E-state index in [1.807, 2.05) is 50.5 Å². The first-order valence-electron chi connectivity index (χ1n) is 9.53. The maximum atomic E-state index is 6.07. The van der Waals surface area contributed by atoms with E-state index in [4.69, 9.17) is 19.9 Å². The minimum absolute atomic E-state index is 0. The molecule has 0 radical (unpaired) electrons. The lowest BCUT2D eigenvalue weighted by Crippen LogP contribution is -2.34. The van der Waals surface area contributed by atoms with Crippen molar-refractivity contribution in [2.24, 2.45) is 10.7 Å². The molecule has 2 aromatic rings. The quantitative estimate of drug-likeness (QED) is 0.280. The Morgan fingerprint density at radius 1 is 1.03 bits per heavy atom. The van der Waals surface area contributed by atoms with Gasteiger partial charge in [0.2, 0.25) is 0 Å². The maximum Gasteiger partial charge on any atom is 0.188 e. The Morgan fingerprint density at radius 3 is 2.40 bits per heavy atom. The average molecular weight is 528 g/mol. The second-order valence-corrected chi connectivity index (χ2v) is 6.85. The number of hydrogen-bond donors (Lipinski definition) is 2. The zero-order valence-electron chi connectivity index (χ0n) is 18.3. The summed E-state index contributed by atoms with van der Waals surface area (Å²) >= 11 is 0. The van der Waals surface area contributed by atoms with Gasteiger partial charge in [-0.1, -0.05) is 18.2 Å². The fourth-order valence-electron chi connectivity index (χ4n) is 3.03. The molecule has 8 heteroatoms. The predicted octanol–water partition coefficient (Wildman–Crippen LogP) is 3.08. The van der Waals surface area contributed by atoms with Gasteiger partial charge in [-0.15, -0.1) is 24.0 Å². The molecule has 0 aliphatic carbocycles. The molecule has 0 heterocycles. The summed E-state index contributed by atoms with van der Waals surface area (Å²) in [4.78, 5) is 6.65. The number of ether oxygens (including phenoxy) is 3. The van der Waals surface area contributed by atoms with Gasteiger partial charge in [0, 0.05) is 6.54 Å². The van der Waals surface area contributed by atoms with Gasteiger partial charge in [0.15, 0.2) is 17.5 Å². The van der Waals surface area contributed by atoms with Crippen LogP contribution in [0.25, 0.3) is 0 Å². The van der Waals surface area contributed by atoms with Gasteiger partial charge in [-0.05, 0) is 55.9 Å². The number of benzene rings is 2. The summed E-state index contributed by atoms with van der Waals surface area (Å²) < 4.78 is 15.9. The minimum atomic E-state index is 0. The first kappa shape index (κ1) is 25.8. The van der Waals surface area contributed by atoms with Crippen LogP contribution in [0.15, 0.2) is 47.5 Å². The van der Waals surface area contributed by atoms with E-state index in [1.165, 1.54) is 0 Å². The Morgan fingerprint density at radius 2 is 1.77 bits per heavy atom. The molecule has 166 valence electrons. The molecular formula is C22H33IN4O3. The van der Waals surface area contributed by atoms with Crippen molar-refractivity contribution in [1.82, 2.24) is 10.2 Å². The van der Waals surface area contributed by atoms with Gasteiger partial charge in [0.1, 0.15) is 5.75 Å². The van der Waals surface area contributed by atoms with E-state index in [-0.39, 0.29) is 30.0 Å². The number of aliphatic imine (C=N–C) groups is 1. The van der Waals surface area contributed by atoms with Gasteiger partial charge in [-0.2, -0.15) is 0 Å². The molecule has 30 heavy (non-hydrogen) atoms. The van der Waals surface area contributed by atoms with Gasteiger partial charge < -0.3 is 30.2 Å². The highest BCUT2D eigenvalue weighted by atomic mass is 127. The number of guanidine groups is 1. The molecule has 0 aliphatic heterocycles. The third-order valence-electron chi connectivity index (χ3n) is 4.70. The number of nitrogens with two attached hydrogens (primary N) is 1. The van der Waals surface area contributed by atoms with Crippen LogP contribution in [0.5, 0.6) is 17.2 Å². The number of rotatable bonds is 10. The zero-order chi connectivity index (χ0) is 21.2. The number of likely N-dealkylation sites (N-methyl/N-ethyl adjacent to an activating group) is 1. The van der Waals surface area contributed by atoms with E-state index >= 15 is 0 Å². The monoisotopic (exact) mass is 528 g/mol. The van der Waals surface area contributed by atoms with Crippen LogP contribution in [-0.4, -0.2) is 59.4 Å². The fraction of sp³-hybridized carbons (Fsp3) is 0.409. The second-order valence-electron chi connectivity index (χ2n) is 6.85.